The Bertz CT molecular complexity index is 691. The summed E-state index contributed by atoms with van der Waals surface area (Å²) in [4.78, 5) is 4.59. The Labute approximate surface area is 151 Å². The molecule has 3 heterocycles. The monoisotopic (exact) mass is 369 g/mol. The van der Waals surface area contributed by atoms with E-state index in [1.165, 1.54) is 23.5 Å². The van der Waals surface area contributed by atoms with E-state index in [1.807, 2.05) is 0 Å². The predicted octanol–water partition coefficient (Wildman–Crippen LogP) is 2.90. The number of allylic oxidation sites excluding steroid dienone is 1. The van der Waals surface area contributed by atoms with Crippen molar-refractivity contribution in [3.8, 4) is 0 Å². The standard InChI is InChI=1S/C18H22ClF2N3O/c19-13-1-2-14(20)17(18(13)21)12-9-16-15(22-11-24(16)10-12)3-4-23-5-7-25-8-6-23/h1-2,12,22H,3-11H2/t12-/m1/s1. The lowest BCUT2D eigenvalue weighted by molar-refractivity contribution is 0.0383. The molecule has 2 saturated heterocycles. The molecule has 136 valence electrons. The number of hydrogen-bond donors (Lipinski definition) is 1. The first-order valence-electron chi connectivity index (χ1n) is 8.78. The van der Waals surface area contributed by atoms with E-state index in [0.29, 0.717) is 19.6 Å². The minimum Gasteiger partial charge on any atom is -0.379 e. The van der Waals surface area contributed by atoms with Crippen molar-refractivity contribution in [3.63, 3.8) is 0 Å². The Morgan fingerprint density at radius 3 is 2.84 bits per heavy atom. The van der Waals surface area contributed by atoms with Gasteiger partial charge in [-0.1, -0.05) is 11.6 Å². The summed E-state index contributed by atoms with van der Waals surface area (Å²) in [6.45, 7) is 5.84. The quantitative estimate of drug-likeness (QED) is 0.826. The number of hydrogen-bond acceptors (Lipinski definition) is 4. The molecule has 4 nitrogen and oxygen atoms in total. The molecule has 0 unspecified atom stereocenters. The molecule has 0 saturated carbocycles. The van der Waals surface area contributed by atoms with Crippen LogP contribution in [0.2, 0.25) is 5.02 Å². The summed E-state index contributed by atoms with van der Waals surface area (Å²) in [7, 11) is 0. The van der Waals surface area contributed by atoms with E-state index in [4.69, 9.17) is 16.3 Å². The molecule has 0 bridgehead atoms. The lowest BCUT2D eigenvalue weighted by atomic mass is 9.95. The van der Waals surface area contributed by atoms with E-state index < -0.39 is 11.6 Å². The van der Waals surface area contributed by atoms with Crippen LogP contribution in [0.25, 0.3) is 0 Å². The normalized spacial score (nSPS) is 24.0. The van der Waals surface area contributed by atoms with Gasteiger partial charge in [0.15, 0.2) is 0 Å². The van der Waals surface area contributed by atoms with Crippen LogP contribution in [0.5, 0.6) is 0 Å². The average Bonchev–Trinajstić information content (AvgIpc) is 3.19. The largest absolute Gasteiger partial charge is 0.379 e. The fraction of sp³-hybridized carbons (Fsp3) is 0.556. The van der Waals surface area contributed by atoms with E-state index in [1.54, 1.807) is 0 Å². The van der Waals surface area contributed by atoms with Crippen LogP contribution in [0.1, 0.15) is 24.3 Å². The van der Waals surface area contributed by atoms with E-state index in [2.05, 4.69) is 15.1 Å². The summed E-state index contributed by atoms with van der Waals surface area (Å²) in [5.41, 5.74) is 2.52. The molecule has 4 rings (SSSR count). The van der Waals surface area contributed by atoms with Crippen molar-refractivity contribution in [3.05, 3.63) is 45.7 Å². The molecular formula is C18H22ClF2N3O. The van der Waals surface area contributed by atoms with Crippen LogP contribution >= 0.6 is 11.6 Å². The molecule has 1 aromatic carbocycles. The molecular weight excluding hydrogens is 348 g/mol. The highest BCUT2D eigenvalue weighted by molar-refractivity contribution is 6.30. The zero-order valence-electron chi connectivity index (χ0n) is 14.0. The Morgan fingerprint density at radius 1 is 1.24 bits per heavy atom. The second kappa shape index (κ2) is 7.09. The van der Waals surface area contributed by atoms with Gasteiger partial charge in [-0.25, -0.2) is 8.78 Å². The maximum Gasteiger partial charge on any atom is 0.148 e. The van der Waals surface area contributed by atoms with Gasteiger partial charge in [0, 0.05) is 55.5 Å². The number of nitrogens with zero attached hydrogens (tertiary/aromatic N) is 2. The summed E-state index contributed by atoms with van der Waals surface area (Å²) in [6, 6.07) is 2.54. The van der Waals surface area contributed by atoms with Crippen molar-refractivity contribution in [2.24, 2.45) is 0 Å². The third kappa shape index (κ3) is 3.35. The molecule has 1 atom stereocenters. The first-order chi connectivity index (χ1) is 12.1. The molecule has 0 aliphatic carbocycles. The summed E-state index contributed by atoms with van der Waals surface area (Å²) in [6.07, 6.45) is 1.58. The average molecular weight is 370 g/mol. The Morgan fingerprint density at radius 2 is 2.04 bits per heavy atom. The lowest BCUT2D eigenvalue weighted by Gasteiger charge is -2.26. The van der Waals surface area contributed by atoms with Crippen molar-refractivity contribution in [1.82, 2.24) is 15.1 Å². The predicted molar refractivity (Wildman–Crippen MR) is 92.3 cm³/mol. The fourth-order valence-electron chi connectivity index (χ4n) is 4.01. The minimum atomic E-state index is -0.615. The summed E-state index contributed by atoms with van der Waals surface area (Å²) in [5, 5.41) is 3.43. The molecule has 3 aliphatic rings. The molecule has 3 aliphatic heterocycles. The van der Waals surface area contributed by atoms with Crippen LogP contribution in [0.4, 0.5) is 8.78 Å². The van der Waals surface area contributed by atoms with Crippen LogP contribution in [0, 0.1) is 11.6 Å². The summed E-state index contributed by atoms with van der Waals surface area (Å²) in [5.74, 6) is -1.30. The number of ether oxygens (including phenoxy) is 1. The van der Waals surface area contributed by atoms with Gasteiger partial charge in [0.2, 0.25) is 0 Å². The number of fused-ring (bicyclic) bond motifs is 1. The molecule has 25 heavy (non-hydrogen) atoms. The van der Waals surface area contributed by atoms with Crippen molar-refractivity contribution < 1.29 is 13.5 Å². The Balaban J connectivity index is 1.48. The number of morpholine rings is 1. The SMILES string of the molecule is Fc1ccc(Cl)c(F)c1[C@@H]1CC2=C(CCN3CCOCC3)NCN2C1. The first kappa shape index (κ1) is 17.1. The third-order valence-corrected chi connectivity index (χ3v) is 5.66. The summed E-state index contributed by atoms with van der Waals surface area (Å²) < 4.78 is 33.9. The topological polar surface area (TPSA) is 27.7 Å². The molecule has 0 amide bonds. The molecule has 1 aromatic rings. The molecule has 1 N–H and O–H groups in total. The van der Waals surface area contributed by atoms with Crippen molar-refractivity contribution in [2.45, 2.75) is 18.8 Å². The van der Waals surface area contributed by atoms with Crippen molar-refractivity contribution in [1.29, 1.82) is 0 Å². The van der Waals surface area contributed by atoms with Gasteiger partial charge in [-0.05, 0) is 18.6 Å². The second-order valence-electron chi connectivity index (χ2n) is 6.84. The van der Waals surface area contributed by atoms with Crippen LogP contribution in [0.15, 0.2) is 23.5 Å². The van der Waals surface area contributed by atoms with Crippen molar-refractivity contribution in [2.75, 3.05) is 46.1 Å². The highest BCUT2D eigenvalue weighted by atomic mass is 35.5. The Kier molecular flexibility index (Phi) is 4.84. The van der Waals surface area contributed by atoms with Gasteiger partial charge in [-0.2, -0.15) is 0 Å². The molecule has 7 heteroatoms. The maximum absolute atomic E-state index is 14.3. The van der Waals surface area contributed by atoms with E-state index in [-0.39, 0.29) is 16.5 Å². The Hall–Kier alpha value is -1.37. The highest BCUT2D eigenvalue weighted by Crippen LogP contribution is 2.40. The molecule has 0 radical (unpaired) electrons. The zero-order valence-corrected chi connectivity index (χ0v) is 14.8. The lowest BCUT2D eigenvalue weighted by Crippen LogP contribution is -2.37. The van der Waals surface area contributed by atoms with Crippen LogP contribution in [0.3, 0.4) is 0 Å². The number of halogens is 3. The van der Waals surface area contributed by atoms with Gasteiger partial charge in [0.25, 0.3) is 0 Å². The van der Waals surface area contributed by atoms with E-state index in [0.717, 1.165) is 39.3 Å². The molecule has 0 aromatic heterocycles. The zero-order chi connectivity index (χ0) is 17.4. The van der Waals surface area contributed by atoms with Crippen LogP contribution in [-0.4, -0.2) is 55.9 Å². The summed E-state index contributed by atoms with van der Waals surface area (Å²) >= 11 is 5.85. The first-order valence-corrected chi connectivity index (χ1v) is 9.15. The molecule has 2 fully saturated rings. The van der Waals surface area contributed by atoms with Gasteiger partial charge < -0.3 is 15.0 Å². The maximum atomic E-state index is 14.3. The second-order valence-corrected chi connectivity index (χ2v) is 7.25. The number of rotatable bonds is 4. The van der Waals surface area contributed by atoms with E-state index in [9.17, 15) is 8.78 Å². The molecule has 0 spiro atoms. The fourth-order valence-corrected chi connectivity index (χ4v) is 4.17. The smallest absolute Gasteiger partial charge is 0.148 e. The van der Waals surface area contributed by atoms with E-state index >= 15 is 0 Å². The minimum absolute atomic E-state index is 0.0110. The van der Waals surface area contributed by atoms with Gasteiger partial charge in [-0.3, -0.25) is 4.90 Å². The highest BCUT2D eigenvalue weighted by Gasteiger charge is 2.36. The van der Waals surface area contributed by atoms with Gasteiger partial charge >= 0.3 is 0 Å². The van der Waals surface area contributed by atoms with Crippen LogP contribution < -0.4 is 5.32 Å². The van der Waals surface area contributed by atoms with Gasteiger partial charge in [-0.15, -0.1) is 0 Å². The number of benzene rings is 1. The van der Waals surface area contributed by atoms with Crippen LogP contribution in [-0.2, 0) is 4.74 Å². The number of nitrogens with one attached hydrogen (secondary N) is 1. The third-order valence-electron chi connectivity index (χ3n) is 5.36. The van der Waals surface area contributed by atoms with Gasteiger partial charge in [0.05, 0.1) is 24.9 Å². The van der Waals surface area contributed by atoms with Gasteiger partial charge in [0.1, 0.15) is 11.6 Å². The van der Waals surface area contributed by atoms with Crippen molar-refractivity contribution >= 4 is 11.6 Å².